The van der Waals surface area contributed by atoms with Gasteiger partial charge in [-0.05, 0) is 24.3 Å². The average Bonchev–Trinajstić information content (AvgIpc) is 2.87. The summed E-state index contributed by atoms with van der Waals surface area (Å²) in [6.45, 7) is -3.12. The average molecular weight is 319 g/mol. The summed E-state index contributed by atoms with van der Waals surface area (Å²) >= 11 is 0. The van der Waals surface area contributed by atoms with Crippen molar-refractivity contribution in [3.05, 3.63) is 48.3 Å². The van der Waals surface area contributed by atoms with Crippen molar-refractivity contribution in [1.29, 1.82) is 0 Å². The first-order valence-electron chi connectivity index (χ1n) is 5.84. The quantitative estimate of drug-likeness (QED) is 0.849. The zero-order valence-corrected chi connectivity index (χ0v) is 11.8. The van der Waals surface area contributed by atoms with E-state index < -0.39 is 22.4 Å². The number of nitrogens with zero attached hydrogens (tertiary/aromatic N) is 3. The van der Waals surface area contributed by atoms with Crippen molar-refractivity contribution in [2.24, 2.45) is 0 Å². The standard InChI is InChI=1S/C12H12F3N3O2S/c1-17(8-11-16-6-7-18(11)12(14)15)21(19,20)10-4-2-9(13)3-5-10/h2-7,12H,8H2,1H3. The van der Waals surface area contributed by atoms with Crippen LogP contribution in [0.4, 0.5) is 13.2 Å². The number of hydrogen-bond donors (Lipinski definition) is 0. The highest BCUT2D eigenvalue weighted by Crippen LogP contribution is 2.19. The number of aromatic nitrogens is 2. The smallest absolute Gasteiger partial charge is 0.277 e. The molecule has 1 aromatic heterocycles. The fraction of sp³-hybridized carbons (Fsp3) is 0.250. The van der Waals surface area contributed by atoms with Gasteiger partial charge in [-0.1, -0.05) is 0 Å². The maximum absolute atomic E-state index is 12.8. The van der Waals surface area contributed by atoms with E-state index in [0.717, 1.165) is 34.8 Å². The Morgan fingerprint density at radius 1 is 1.29 bits per heavy atom. The molecule has 21 heavy (non-hydrogen) atoms. The lowest BCUT2D eigenvalue weighted by molar-refractivity contribution is 0.0658. The van der Waals surface area contributed by atoms with Crippen LogP contribution in [0.15, 0.2) is 41.6 Å². The van der Waals surface area contributed by atoms with Crippen LogP contribution < -0.4 is 0 Å². The van der Waals surface area contributed by atoms with Gasteiger partial charge in [0.05, 0.1) is 11.4 Å². The summed E-state index contributed by atoms with van der Waals surface area (Å²) in [5, 5.41) is 0. The van der Waals surface area contributed by atoms with Crippen LogP contribution in [-0.2, 0) is 16.6 Å². The van der Waals surface area contributed by atoms with Crippen LogP contribution in [-0.4, -0.2) is 29.3 Å². The molecule has 0 aliphatic heterocycles. The molecular weight excluding hydrogens is 307 g/mol. The molecule has 5 nitrogen and oxygen atoms in total. The van der Waals surface area contributed by atoms with Crippen molar-refractivity contribution in [2.45, 2.75) is 18.0 Å². The molecule has 0 fully saturated rings. The number of rotatable bonds is 5. The summed E-state index contributed by atoms with van der Waals surface area (Å²) in [6, 6.07) is 4.25. The predicted molar refractivity (Wildman–Crippen MR) is 68.5 cm³/mol. The third-order valence-corrected chi connectivity index (χ3v) is 4.66. The van der Waals surface area contributed by atoms with E-state index in [9.17, 15) is 21.6 Å². The molecule has 0 amide bonds. The Kier molecular flexibility index (Phi) is 4.33. The highest BCUT2D eigenvalue weighted by Gasteiger charge is 2.23. The molecule has 2 aromatic rings. The molecule has 9 heteroatoms. The van der Waals surface area contributed by atoms with Crippen LogP contribution in [0.3, 0.4) is 0 Å². The SMILES string of the molecule is CN(Cc1nccn1C(F)F)S(=O)(=O)c1ccc(F)cc1. The van der Waals surface area contributed by atoms with Crippen molar-refractivity contribution in [1.82, 2.24) is 13.9 Å². The van der Waals surface area contributed by atoms with Gasteiger partial charge in [0, 0.05) is 19.4 Å². The fourth-order valence-electron chi connectivity index (χ4n) is 1.71. The molecule has 0 bridgehead atoms. The Bertz CT molecular complexity index is 714. The van der Waals surface area contributed by atoms with Crippen molar-refractivity contribution in [3.8, 4) is 0 Å². The Balaban J connectivity index is 2.24. The molecule has 0 unspecified atom stereocenters. The van der Waals surface area contributed by atoms with Gasteiger partial charge < -0.3 is 0 Å². The largest absolute Gasteiger partial charge is 0.319 e. The lowest BCUT2D eigenvalue weighted by atomic mass is 10.4. The minimum Gasteiger partial charge on any atom is -0.277 e. The van der Waals surface area contributed by atoms with Gasteiger partial charge in [-0.25, -0.2) is 17.8 Å². The Morgan fingerprint density at radius 3 is 2.48 bits per heavy atom. The van der Waals surface area contributed by atoms with Gasteiger partial charge in [0.2, 0.25) is 10.0 Å². The molecule has 0 N–H and O–H groups in total. The minimum absolute atomic E-state index is 0.0850. The van der Waals surface area contributed by atoms with E-state index in [0.29, 0.717) is 4.57 Å². The summed E-state index contributed by atoms with van der Waals surface area (Å²) in [5.41, 5.74) is 0. The molecule has 0 aliphatic rings. The maximum Gasteiger partial charge on any atom is 0.319 e. The van der Waals surface area contributed by atoms with Crippen LogP contribution in [0.25, 0.3) is 0 Å². The van der Waals surface area contributed by atoms with E-state index in [1.54, 1.807) is 0 Å². The van der Waals surface area contributed by atoms with E-state index in [1.165, 1.54) is 13.2 Å². The summed E-state index contributed by atoms with van der Waals surface area (Å²) in [7, 11) is -2.67. The van der Waals surface area contributed by atoms with Crippen LogP contribution in [0.1, 0.15) is 12.4 Å². The van der Waals surface area contributed by atoms with Gasteiger partial charge in [0.15, 0.2) is 0 Å². The highest BCUT2D eigenvalue weighted by molar-refractivity contribution is 7.89. The minimum atomic E-state index is -3.91. The van der Waals surface area contributed by atoms with E-state index in [4.69, 9.17) is 0 Å². The molecule has 2 rings (SSSR count). The Hall–Kier alpha value is -1.87. The molecule has 0 radical (unpaired) electrons. The molecule has 114 valence electrons. The molecule has 0 spiro atoms. The van der Waals surface area contributed by atoms with E-state index in [-0.39, 0.29) is 17.3 Å². The van der Waals surface area contributed by atoms with Crippen LogP contribution in [0.5, 0.6) is 0 Å². The Morgan fingerprint density at radius 2 is 1.90 bits per heavy atom. The van der Waals surface area contributed by atoms with Gasteiger partial charge in [-0.15, -0.1) is 0 Å². The van der Waals surface area contributed by atoms with Crippen molar-refractivity contribution >= 4 is 10.0 Å². The van der Waals surface area contributed by atoms with Crippen LogP contribution in [0.2, 0.25) is 0 Å². The number of halogens is 3. The van der Waals surface area contributed by atoms with E-state index in [2.05, 4.69) is 4.98 Å². The highest BCUT2D eigenvalue weighted by atomic mass is 32.2. The number of alkyl halides is 2. The molecule has 0 atom stereocenters. The second-order valence-electron chi connectivity index (χ2n) is 4.24. The number of sulfonamides is 1. The summed E-state index contributed by atoms with van der Waals surface area (Å²) < 4.78 is 64.1. The van der Waals surface area contributed by atoms with Gasteiger partial charge in [0.1, 0.15) is 11.6 Å². The van der Waals surface area contributed by atoms with Gasteiger partial charge in [-0.2, -0.15) is 13.1 Å². The van der Waals surface area contributed by atoms with E-state index >= 15 is 0 Å². The molecule has 1 aromatic carbocycles. The lowest BCUT2D eigenvalue weighted by Crippen LogP contribution is -2.28. The van der Waals surface area contributed by atoms with Gasteiger partial charge in [0.25, 0.3) is 0 Å². The number of imidazole rings is 1. The third kappa shape index (κ3) is 3.24. The van der Waals surface area contributed by atoms with Crippen molar-refractivity contribution < 1.29 is 21.6 Å². The van der Waals surface area contributed by atoms with Crippen LogP contribution >= 0.6 is 0 Å². The van der Waals surface area contributed by atoms with Crippen molar-refractivity contribution in [2.75, 3.05) is 7.05 Å². The van der Waals surface area contributed by atoms with E-state index in [1.807, 2.05) is 0 Å². The second-order valence-corrected chi connectivity index (χ2v) is 6.29. The third-order valence-electron chi connectivity index (χ3n) is 2.85. The lowest BCUT2D eigenvalue weighted by Gasteiger charge is -2.17. The number of benzene rings is 1. The van der Waals surface area contributed by atoms with Gasteiger partial charge in [-0.3, -0.25) is 4.57 Å². The summed E-state index contributed by atoms with van der Waals surface area (Å²) in [5.74, 6) is -0.650. The zero-order valence-electron chi connectivity index (χ0n) is 10.9. The first-order chi connectivity index (χ1) is 9.82. The fourth-order valence-corrected chi connectivity index (χ4v) is 2.84. The topological polar surface area (TPSA) is 55.2 Å². The summed E-state index contributed by atoms with van der Waals surface area (Å²) in [4.78, 5) is 3.59. The second kappa shape index (κ2) is 5.86. The molecule has 0 saturated heterocycles. The molecule has 1 heterocycles. The first kappa shape index (κ1) is 15.5. The van der Waals surface area contributed by atoms with Crippen molar-refractivity contribution in [3.63, 3.8) is 0 Å². The molecule has 0 aliphatic carbocycles. The Labute approximate surface area is 119 Å². The summed E-state index contributed by atoms with van der Waals surface area (Å²) in [6.07, 6.45) is 2.23. The van der Waals surface area contributed by atoms with Gasteiger partial charge >= 0.3 is 6.55 Å². The molecular formula is C12H12F3N3O2S. The first-order valence-corrected chi connectivity index (χ1v) is 7.28. The normalized spacial score (nSPS) is 12.3. The zero-order chi connectivity index (χ0) is 15.6. The predicted octanol–water partition coefficient (Wildman–Crippen LogP) is 2.24. The van der Waals surface area contributed by atoms with Crippen LogP contribution in [0, 0.1) is 5.82 Å². The number of hydrogen-bond acceptors (Lipinski definition) is 3. The maximum atomic E-state index is 12.8. The molecule has 0 saturated carbocycles. The monoisotopic (exact) mass is 319 g/mol.